The molecule has 4 rings (SSSR count). The van der Waals surface area contributed by atoms with Crippen molar-refractivity contribution >= 4 is 26.6 Å². The molecule has 1 aromatic heterocycles. The molecule has 3 aromatic rings. The van der Waals surface area contributed by atoms with Gasteiger partial charge in [-0.05, 0) is 50.2 Å². The molecule has 0 fully saturated rings. The van der Waals surface area contributed by atoms with Crippen LogP contribution in [0.3, 0.4) is 0 Å². The molecule has 0 saturated carbocycles. The van der Waals surface area contributed by atoms with E-state index in [2.05, 4.69) is 14.9 Å². The molecule has 0 spiro atoms. The van der Waals surface area contributed by atoms with Crippen LogP contribution in [0.15, 0.2) is 36.4 Å². The predicted octanol–water partition coefficient (Wildman–Crippen LogP) is 3.11. The van der Waals surface area contributed by atoms with Gasteiger partial charge in [0.25, 0.3) is 0 Å². The third-order valence-electron chi connectivity index (χ3n) is 4.09. The molecule has 0 bridgehead atoms. The zero-order valence-corrected chi connectivity index (χ0v) is 14.6. The summed E-state index contributed by atoms with van der Waals surface area (Å²) in [5.74, 6) is 1.37. The number of rotatable bonds is 4. The van der Waals surface area contributed by atoms with Crippen molar-refractivity contribution in [1.82, 2.24) is 10.2 Å². The van der Waals surface area contributed by atoms with Gasteiger partial charge >= 0.3 is 0 Å². The van der Waals surface area contributed by atoms with Crippen LogP contribution in [-0.4, -0.2) is 30.7 Å². The summed E-state index contributed by atoms with van der Waals surface area (Å²) in [6.45, 7) is 3.48. The number of ether oxygens (including phenoxy) is 2. The maximum Gasteiger partial charge on any atom is 0.235 e. The first-order valence-electron chi connectivity index (χ1n) is 7.84. The minimum absolute atomic E-state index is 0.210. The fraction of sp³-hybridized carbons (Fsp3) is 0.235. The number of hydrogen-bond donors (Lipinski definition) is 2. The smallest absolute Gasteiger partial charge is 0.235 e. The maximum absolute atomic E-state index is 12.1. The maximum atomic E-state index is 12.1. The highest BCUT2D eigenvalue weighted by Crippen LogP contribution is 2.37. The largest absolute Gasteiger partial charge is 0.454 e. The van der Waals surface area contributed by atoms with E-state index >= 15 is 0 Å². The summed E-state index contributed by atoms with van der Waals surface area (Å²) in [7, 11) is -3.41. The van der Waals surface area contributed by atoms with Crippen molar-refractivity contribution in [1.29, 1.82) is 0 Å². The molecule has 1 aliphatic rings. The standard InChI is InChI=1S/C17H17N3O4S/c1-10(2)25(21,22)20-12-4-5-14-13(8-12)17(19-18-14)11-3-6-15-16(7-11)24-9-23-15/h3-8,10,20H,9H2,1-2H3,(H,18,19). The number of nitrogens with zero attached hydrogens (tertiary/aromatic N) is 1. The van der Waals surface area contributed by atoms with E-state index in [1.165, 1.54) is 0 Å². The monoisotopic (exact) mass is 359 g/mol. The summed E-state index contributed by atoms with van der Waals surface area (Å²) < 4.78 is 37.5. The summed E-state index contributed by atoms with van der Waals surface area (Å²) in [6, 6.07) is 10.9. The van der Waals surface area contributed by atoms with Gasteiger partial charge in [-0.15, -0.1) is 0 Å². The van der Waals surface area contributed by atoms with Crippen LogP contribution in [0.4, 0.5) is 5.69 Å². The Morgan fingerprint density at radius 1 is 1.12 bits per heavy atom. The van der Waals surface area contributed by atoms with Gasteiger partial charge in [0.05, 0.1) is 10.8 Å². The second kappa shape index (κ2) is 5.66. The van der Waals surface area contributed by atoms with Crippen molar-refractivity contribution in [2.75, 3.05) is 11.5 Å². The number of H-pyrrole nitrogens is 1. The van der Waals surface area contributed by atoms with E-state index in [0.717, 1.165) is 22.2 Å². The van der Waals surface area contributed by atoms with Crippen LogP contribution in [0.1, 0.15) is 13.8 Å². The Morgan fingerprint density at radius 3 is 2.72 bits per heavy atom. The molecule has 2 heterocycles. The van der Waals surface area contributed by atoms with E-state index in [9.17, 15) is 8.42 Å². The van der Waals surface area contributed by atoms with Crippen molar-refractivity contribution in [3.8, 4) is 22.8 Å². The van der Waals surface area contributed by atoms with E-state index in [1.54, 1.807) is 32.0 Å². The lowest BCUT2D eigenvalue weighted by molar-refractivity contribution is 0.174. The predicted molar refractivity (Wildman–Crippen MR) is 95.3 cm³/mol. The van der Waals surface area contributed by atoms with Crippen LogP contribution >= 0.6 is 0 Å². The van der Waals surface area contributed by atoms with Gasteiger partial charge in [-0.1, -0.05) is 0 Å². The molecule has 1 aliphatic heterocycles. The molecular weight excluding hydrogens is 342 g/mol. The average Bonchev–Trinajstić information content (AvgIpc) is 3.19. The Labute approximate surface area is 145 Å². The molecule has 0 radical (unpaired) electrons. The fourth-order valence-corrected chi connectivity index (χ4v) is 3.31. The number of hydrogen-bond acceptors (Lipinski definition) is 5. The molecule has 0 saturated heterocycles. The summed E-state index contributed by atoms with van der Waals surface area (Å²) in [6.07, 6.45) is 0. The Morgan fingerprint density at radius 2 is 1.92 bits per heavy atom. The summed E-state index contributed by atoms with van der Waals surface area (Å²) in [5, 5.41) is 7.64. The normalized spacial score (nSPS) is 13.6. The van der Waals surface area contributed by atoms with Crippen LogP contribution in [0, 0.1) is 0 Å². The zero-order valence-electron chi connectivity index (χ0n) is 13.7. The molecule has 0 aliphatic carbocycles. The minimum Gasteiger partial charge on any atom is -0.454 e. The first-order valence-corrected chi connectivity index (χ1v) is 9.38. The molecular formula is C17H17N3O4S. The van der Waals surface area contributed by atoms with Gasteiger partial charge in [0.2, 0.25) is 16.8 Å². The highest BCUT2D eigenvalue weighted by molar-refractivity contribution is 7.93. The van der Waals surface area contributed by atoms with Crippen molar-refractivity contribution in [3.05, 3.63) is 36.4 Å². The lowest BCUT2D eigenvalue weighted by atomic mass is 10.1. The first-order chi connectivity index (χ1) is 11.9. The van der Waals surface area contributed by atoms with Gasteiger partial charge in [0.1, 0.15) is 5.69 Å². The third kappa shape index (κ3) is 2.78. The highest BCUT2D eigenvalue weighted by atomic mass is 32.2. The Kier molecular flexibility index (Phi) is 3.57. The molecule has 0 amide bonds. The van der Waals surface area contributed by atoms with Gasteiger partial charge in [-0.25, -0.2) is 8.42 Å². The van der Waals surface area contributed by atoms with Crippen LogP contribution in [0.2, 0.25) is 0 Å². The van der Waals surface area contributed by atoms with E-state index in [0.29, 0.717) is 17.2 Å². The van der Waals surface area contributed by atoms with Gasteiger partial charge in [0.15, 0.2) is 11.5 Å². The van der Waals surface area contributed by atoms with Crippen LogP contribution in [0.25, 0.3) is 22.2 Å². The van der Waals surface area contributed by atoms with Gasteiger partial charge < -0.3 is 9.47 Å². The topological polar surface area (TPSA) is 93.3 Å². The third-order valence-corrected chi connectivity index (χ3v) is 5.85. The SMILES string of the molecule is CC(C)S(=O)(=O)Nc1ccc2[nH]nc(-c3ccc4c(c3)OCO4)c2c1. The number of benzene rings is 2. The number of aromatic amines is 1. The number of nitrogens with one attached hydrogen (secondary N) is 2. The second-order valence-corrected chi connectivity index (χ2v) is 8.33. The number of aromatic nitrogens is 2. The highest BCUT2D eigenvalue weighted by Gasteiger charge is 2.18. The fourth-order valence-electron chi connectivity index (χ4n) is 2.62. The van der Waals surface area contributed by atoms with Crippen molar-refractivity contribution in [3.63, 3.8) is 0 Å². The average molecular weight is 359 g/mol. The van der Waals surface area contributed by atoms with Crippen molar-refractivity contribution in [2.24, 2.45) is 0 Å². The zero-order chi connectivity index (χ0) is 17.6. The molecule has 2 N–H and O–H groups in total. The summed E-state index contributed by atoms with van der Waals surface area (Å²) in [4.78, 5) is 0. The summed E-state index contributed by atoms with van der Waals surface area (Å²) >= 11 is 0. The van der Waals surface area contributed by atoms with Crippen molar-refractivity contribution < 1.29 is 17.9 Å². The van der Waals surface area contributed by atoms with Gasteiger partial charge in [-0.2, -0.15) is 5.10 Å². The minimum atomic E-state index is -3.41. The lowest BCUT2D eigenvalue weighted by Crippen LogP contribution is -2.22. The number of anilines is 1. The lowest BCUT2D eigenvalue weighted by Gasteiger charge is -2.10. The molecule has 8 heteroatoms. The van der Waals surface area contributed by atoms with E-state index in [4.69, 9.17) is 9.47 Å². The number of fused-ring (bicyclic) bond motifs is 2. The van der Waals surface area contributed by atoms with Crippen molar-refractivity contribution in [2.45, 2.75) is 19.1 Å². The molecule has 7 nitrogen and oxygen atoms in total. The van der Waals surface area contributed by atoms with Crippen LogP contribution in [0.5, 0.6) is 11.5 Å². The molecule has 0 unspecified atom stereocenters. The van der Waals surface area contributed by atoms with E-state index in [-0.39, 0.29) is 6.79 Å². The van der Waals surface area contributed by atoms with Gasteiger partial charge in [-0.3, -0.25) is 9.82 Å². The second-order valence-electron chi connectivity index (χ2n) is 6.10. The molecule has 2 aromatic carbocycles. The van der Waals surface area contributed by atoms with Crippen LogP contribution < -0.4 is 14.2 Å². The summed E-state index contributed by atoms with van der Waals surface area (Å²) in [5.41, 5.74) is 2.91. The molecule has 25 heavy (non-hydrogen) atoms. The number of sulfonamides is 1. The van der Waals surface area contributed by atoms with E-state index < -0.39 is 15.3 Å². The van der Waals surface area contributed by atoms with Gasteiger partial charge in [0, 0.05) is 16.6 Å². The molecule has 0 atom stereocenters. The van der Waals surface area contributed by atoms with E-state index in [1.807, 2.05) is 18.2 Å². The quantitative estimate of drug-likeness (QED) is 0.746. The molecule has 130 valence electrons. The Balaban J connectivity index is 1.77. The Hall–Kier alpha value is -2.74. The first kappa shape index (κ1) is 15.8. The Bertz CT molecular complexity index is 1060. The van der Waals surface area contributed by atoms with Crippen LogP contribution in [-0.2, 0) is 10.0 Å².